The molecule has 0 radical (unpaired) electrons. The summed E-state index contributed by atoms with van der Waals surface area (Å²) in [6.45, 7) is 0.167. The molecule has 1 aromatic rings. The lowest BCUT2D eigenvalue weighted by molar-refractivity contribution is 0.0697. The van der Waals surface area contributed by atoms with Gasteiger partial charge in [0.15, 0.2) is 0 Å². The lowest BCUT2D eigenvalue weighted by Gasteiger charge is -2.17. The summed E-state index contributed by atoms with van der Waals surface area (Å²) in [7, 11) is 0. The maximum absolute atomic E-state index is 12.0. The molecule has 0 saturated heterocycles. The van der Waals surface area contributed by atoms with Crippen LogP contribution in [0.3, 0.4) is 0 Å². The average molecular weight is 241 g/mol. The fourth-order valence-corrected chi connectivity index (χ4v) is 1.39. The van der Waals surface area contributed by atoms with Crippen molar-refractivity contribution in [2.75, 3.05) is 13.1 Å². The van der Waals surface area contributed by atoms with Gasteiger partial charge in [-0.3, -0.25) is 4.79 Å². The van der Waals surface area contributed by atoms with E-state index >= 15 is 0 Å². The molecule has 0 saturated carbocycles. The van der Waals surface area contributed by atoms with E-state index in [-0.39, 0.29) is 30.1 Å². The van der Waals surface area contributed by atoms with E-state index in [0.29, 0.717) is 0 Å². The Hall–Kier alpha value is -2.72. The molecular weight excluding hydrogens is 230 g/mol. The number of benzene rings is 1. The van der Waals surface area contributed by atoms with Gasteiger partial charge < -0.3 is 10.0 Å². The van der Waals surface area contributed by atoms with Gasteiger partial charge in [0.05, 0.1) is 18.7 Å². The molecule has 0 aliphatic rings. The maximum Gasteiger partial charge on any atom is 0.335 e. The number of rotatable bonds is 4. The van der Waals surface area contributed by atoms with Crippen LogP contribution in [0.25, 0.3) is 0 Å². The minimum absolute atomic E-state index is 0.0437. The molecule has 0 atom stereocenters. The average Bonchev–Trinajstić information content (AvgIpc) is 2.38. The lowest BCUT2D eigenvalue weighted by Crippen LogP contribution is -2.31. The number of terminal acetylenes is 2. The fourth-order valence-electron chi connectivity index (χ4n) is 1.39. The number of hydrogen-bond donors (Lipinski definition) is 1. The van der Waals surface area contributed by atoms with E-state index in [1.54, 1.807) is 0 Å². The van der Waals surface area contributed by atoms with Crippen molar-refractivity contribution in [1.82, 2.24) is 4.90 Å². The van der Waals surface area contributed by atoms with Crippen LogP contribution in [0.15, 0.2) is 24.3 Å². The van der Waals surface area contributed by atoms with Crippen molar-refractivity contribution >= 4 is 11.9 Å². The second kappa shape index (κ2) is 6.12. The van der Waals surface area contributed by atoms with Crippen molar-refractivity contribution < 1.29 is 14.7 Å². The Morgan fingerprint density at radius 2 is 1.72 bits per heavy atom. The molecule has 1 amide bonds. The van der Waals surface area contributed by atoms with Gasteiger partial charge in [-0.1, -0.05) is 17.9 Å². The topological polar surface area (TPSA) is 57.6 Å². The van der Waals surface area contributed by atoms with Crippen LogP contribution < -0.4 is 0 Å². The highest BCUT2D eigenvalue weighted by Crippen LogP contribution is 2.08. The van der Waals surface area contributed by atoms with Crippen molar-refractivity contribution in [2.45, 2.75) is 0 Å². The molecule has 0 aliphatic carbocycles. The third kappa shape index (κ3) is 3.13. The Kier molecular flexibility index (Phi) is 4.54. The molecular formula is C14H11NO3. The largest absolute Gasteiger partial charge is 0.478 e. The van der Waals surface area contributed by atoms with Crippen LogP contribution in [-0.4, -0.2) is 35.0 Å². The molecule has 0 aromatic heterocycles. The van der Waals surface area contributed by atoms with Gasteiger partial charge in [0.2, 0.25) is 0 Å². The number of amides is 1. The first-order valence-corrected chi connectivity index (χ1v) is 5.09. The fraction of sp³-hybridized carbons (Fsp3) is 0.143. The molecule has 0 unspecified atom stereocenters. The molecule has 4 nitrogen and oxygen atoms in total. The smallest absolute Gasteiger partial charge is 0.335 e. The second-order valence-electron chi connectivity index (χ2n) is 3.46. The Morgan fingerprint density at radius 1 is 1.17 bits per heavy atom. The summed E-state index contributed by atoms with van der Waals surface area (Å²) in [5.74, 6) is 3.19. The number of carboxylic acids is 1. The molecule has 0 spiro atoms. The third-order valence-corrected chi connectivity index (χ3v) is 2.21. The van der Waals surface area contributed by atoms with E-state index in [2.05, 4.69) is 11.8 Å². The zero-order chi connectivity index (χ0) is 13.5. The standard InChI is InChI=1S/C14H11NO3/c1-3-8-15(9-4-2)13(16)11-6-5-7-12(10-11)14(17)18/h1-2,5-7,10H,8-9H2,(H,17,18). The van der Waals surface area contributed by atoms with Gasteiger partial charge in [0.1, 0.15) is 0 Å². The molecule has 0 bridgehead atoms. The van der Waals surface area contributed by atoms with Crippen molar-refractivity contribution in [2.24, 2.45) is 0 Å². The van der Waals surface area contributed by atoms with Crippen LogP contribution in [0, 0.1) is 24.7 Å². The highest BCUT2D eigenvalue weighted by atomic mass is 16.4. The van der Waals surface area contributed by atoms with E-state index in [1.165, 1.54) is 29.2 Å². The Bertz CT molecular complexity index is 533. The molecule has 1 rings (SSSR count). The summed E-state index contributed by atoms with van der Waals surface area (Å²) >= 11 is 0. The zero-order valence-corrected chi connectivity index (χ0v) is 9.59. The molecule has 0 aliphatic heterocycles. The normalized spacial score (nSPS) is 9.00. The molecule has 4 heteroatoms. The van der Waals surface area contributed by atoms with E-state index < -0.39 is 5.97 Å². The first-order valence-electron chi connectivity index (χ1n) is 5.09. The highest BCUT2D eigenvalue weighted by Gasteiger charge is 2.15. The summed E-state index contributed by atoms with van der Waals surface area (Å²) in [5, 5.41) is 8.85. The maximum atomic E-state index is 12.0. The summed E-state index contributed by atoms with van der Waals surface area (Å²) in [6.07, 6.45) is 10.3. The van der Waals surface area contributed by atoms with Gasteiger partial charge in [-0.05, 0) is 18.2 Å². The second-order valence-corrected chi connectivity index (χ2v) is 3.46. The highest BCUT2D eigenvalue weighted by molar-refractivity contribution is 5.97. The van der Waals surface area contributed by atoms with Crippen LogP contribution in [-0.2, 0) is 0 Å². The van der Waals surface area contributed by atoms with Crippen LogP contribution in [0.1, 0.15) is 20.7 Å². The first-order chi connectivity index (χ1) is 8.60. The van der Waals surface area contributed by atoms with Crippen molar-refractivity contribution in [3.63, 3.8) is 0 Å². The molecule has 0 heterocycles. The van der Waals surface area contributed by atoms with Crippen LogP contribution >= 0.6 is 0 Å². The zero-order valence-electron chi connectivity index (χ0n) is 9.59. The summed E-state index contributed by atoms with van der Waals surface area (Å²) in [5.41, 5.74) is 0.294. The quantitative estimate of drug-likeness (QED) is 0.803. The minimum Gasteiger partial charge on any atom is -0.478 e. The van der Waals surface area contributed by atoms with Gasteiger partial charge >= 0.3 is 5.97 Å². The van der Waals surface area contributed by atoms with Crippen molar-refractivity contribution in [1.29, 1.82) is 0 Å². The van der Waals surface area contributed by atoms with Gasteiger partial charge in [-0.15, -0.1) is 12.8 Å². The first kappa shape index (κ1) is 13.3. The molecule has 18 heavy (non-hydrogen) atoms. The lowest BCUT2D eigenvalue weighted by atomic mass is 10.1. The van der Waals surface area contributed by atoms with Crippen molar-refractivity contribution in [3.05, 3.63) is 35.4 Å². The summed E-state index contributed by atoms with van der Waals surface area (Å²) in [4.78, 5) is 24.1. The molecule has 0 fully saturated rings. The Morgan fingerprint density at radius 3 is 2.22 bits per heavy atom. The number of carbonyl (C=O) groups is 2. The van der Waals surface area contributed by atoms with Gasteiger partial charge in [0.25, 0.3) is 5.91 Å². The van der Waals surface area contributed by atoms with E-state index in [1.807, 2.05) is 0 Å². The number of carboxylic acid groups (broad SMARTS) is 1. The van der Waals surface area contributed by atoms with Gasteiger partial charge in [0, 0.05) is 5.56 Å². The van der Waals surface area contributed by atoms with Crippen molar-refractivity contribution in [3.8, 4) is 24.7 Å². The predicted octanol–water partition coefficient (Wildman–Crippen LogP) is 1.09. The van der Waals surface area contributed by atoms with E-state index in [4.69, 9.17) is 18.0 Å². The number of aromatic carboxylic acids is 1. The monoisotopic (exact) mass is 241 g/mol. The molecule has 1 N–H and O–H groups in total. The Balaban J connectivity index is 3.02. The van der Waals surface area contributed by atoms with Crippen LogP contribution in [0.4, 0.5) is 0 Å². The number of nitrogens with zero attached hydrogens (tertiary/aromatic N) is 1. The Labute approximate surface area is 105 Å². The van der Waals surface area contributed by atoms with E-state index in [0.717, 1.165) is 0 Å². The van der Waals surface area contributed by atoms with Gasteiger partial charge in [-0.2, -0.15) is 0 Å². The SMILES string of the molecule is C#CCN(CC#C)C(=O)c1cccc(C(=O)O)c1. The molecule has 90 valence electrons. The van der Waals surface area contributed by atoms with E-state index in [9.17, 15) is 9.59 Å². The number of hydrogen-bond acceptors (Lipinski definition) is 2. The van der Waals surface area contributed by atoms with Crippen LogP contribution in [0.2, 0.25) is 0 Å². The molecule has 1 aromatic carbocycles. The summed E-state index contributed by atoms with van der Waals surface area (Å²) in [6, 6.07) is 5.73. The summed E-state index contributed by atoms with van der Waals surface area (Å²) < 4.78 is 0. The minimum atomic E-state index is -1.09. The van der Waals surface area contributed by atoms with Gasteiger partial charge in [-0.25, -0.2) is 4.79 Å². The number of carbonyl (C=O) groups excluding carboxylic acids is 1. The third-order valence-electron chi connectivity index (χ3n) is 2.21. The van der Waals surface area contributed by atoms with Crippen LogP contribution in [0.5, 0.6) is 0 Å². The predicted molar refractivity (Wildman–Crippen MR) is 67.0 cm³/mol.